The molecule has 2 heteroatoms. The lowest BCUT2D eigenvalue weighted by Gasteiger charge is -2.07. The Morgan fingerprint density at radius 2 is 1.81 bits per heavy atom. The van der Waals surface area contributed by atoms with Crippen molar-refractivity contribution in [1.82, 2.24) is 0 Å². The van der Waals surface area contributed by atoms with Crippen LogP contribution in [0.4, 0.5) is 0 Å². The average Bonchev–Trinajstić information content (AvgIpc) is 2.33. The first kappa shape index (κ1) is 10.3. The molecule has 0 N–H and O–H groups in total. The quantitative estimate of drug-likeness (QED) is 0.709. The van der Waals surface area contributed by atoms with Crippen molar-refractivity contribution in [1.29, 1.82) is 5.26 Å². The molecule has 0 spiro atoms. The summed E-state index contributed by atoms with van der Waals surface area (Å²) < 4.78 is 4.83. The second kappa shape index (κ2) is 4.50. The van der Waals surface area contributed by atoms with Gasteiger partial charge in [-0.05, 0) is 35.7 Å². The summed E-state index contributed by atoms with van der Waals surface area (Å²) in [5, 5.41) is 8.48. The number of ether oxygens (including phenoxy) is 1. The van der Waals surface area contributed by atoms with Gasteiger partial charge in [-0.2, -0.15) is 0 Å². The molecule has 0 aliphatic heterocycles. The van der Waals surface area contributed by atoms with Gasteiger partial charge in [-0.3, -0.25) is 0 Å². The van der Waals surface area contributed by atoms with Crippen molar-refractivity contribution in [3.63, 3.8) is 0 Å². The van der Waals surface area contributed by atoms with Crippen LogP contribution in [0.25, 0.3) is 11.1 Å². The first-order chi connectivity index (χ1) is 7.81. The van der Waals surface area contributed by atoms with Crippen LogP contribution in [-0.4, -0.2) is 0 Å². The van der Waals surface area contributed by atoms with Gasteiger partial charge in [0.05, 0.1) is 0 Å². The first-order valence-electron chi connectivity index (χ1n) is 5.03. The van der Waals surface area contributed by atoms with Crippen molar-refractivity contribution in [3.05, 3.63) is 54.1 Å². The fourth-order valence-electron chi connectivity index (χ4n) is 1.65. The fraction of sp³-hybridized carbons (Fsp3) is 0.0714. The minimum absolute atomic E-state index is 0.576. The van der Waals surface area contributed by atoms with Crippen LogP contribution >= 0.6 is 0 Å². The lowest BCUT2D eigenvalue weighted by atomic mass is 10.0. The van der Waals surface area contributed by atoms with Gasteiger partial charge in [-0.25, -0.2) is 0 Å². The molecule has 0 saturated heterocycles. The number of rotatable bonds is 2. The highest BCUT2D eigenvalue weighted by molar-refractivity contribution is 5.68. The number of nitrogens with zero attached hydrogens (tertiary/aromatic N) is 1. The maximum atomic E-state index is 8.48. The molecular formula is C14H11NO. The van der Waals surface area contributed by atoms with E-state index in [2.05, 4.69) is 0 Å². The summed E-state index contributed by atoms with van der Waals surface area (Å²) in [4.78, 5) is 0. The van der Waals surface area contributed by atoms with E-state index in [1.165, 1.54) is 0 Å². The van der Waals surface area contributed by atoms with E-state index in [1.807, 2.05) is 49.4 Å². The average molecular weight is 209 g/mol. The number of aryl methyl sites for hydroxylation is 1. The molecule has 0 fully saturated rings. The Labute approximate surface area is 94.7 Å². The van der Waals surface area contributed by atoms with Crippen molar-refractivity contribution in [2.45, 2.75) is 6.92 Å². The Morgan fingerprint density at radius 1 is 1.06 bits per heavy atom. The van der Waals surface area contributed by atoms with Gasteiger partial charge >= 0.3 is 0 Å². The van der Waals surface area contributed by atoms with Gasteiger partial charge in [0.25, 0.3) is 6.26 Å². The Hall–Kier alpha value is -2.27. The highest BCUT2D eigenvalue weighted by Crippen LogP contribution is 2.27. The molecule has 0 heterocycles. The van der Waals surface area contributed by atoms with Crippen LogP contribution in [0.5, 0.6) is 5.75 Å². The summed E-state index contributed by atoms with van der Waals surface area (Å²) in [5.74, 6) is 0.576. The van der Waals surface area contributed by atoms with Crippen LogP contribution in [0.3, 0.4) is 0 Å². The molecule has 0 atom stereocenters. The van der Waals surface area contributed by atoms with Crippen molar-refractivity contribution in [2.24, 2.45) is 0 Å². The zero-order valence-electron chi connectivity index (χ0n) is 8.97. The number of hydrogen-bond donors (Lipinski definition) is 0. The van der Waals surface area contributed by atoms with E-state index in [0.29, 0.717) is 5.75 Å². The topological polar surface area (TPSA) is 33.0 Å². The molecule has 0 saturated carbocycles. The van der Waals surface area contributed by atoms with E-state index < -0.39 is 0 Å². The van der Waals surface area contributed by atoms with E-state index in [0.717, 1.165) is 16.7 Å². The molecular weight excluding hydrogens is 198 g/mol. The van der Waals surface area contributed by atoms with E-state index in [9.17, 15) is 0 Å². The van der Waals surface area contributed by atoms with Crippen LogP contribution in [0.15, 0.2) is 48.5 Å². The number of nitriles is 1. The predicted octanol–water partition coefficient (Wildman–Crippen LogP) is 3.52. The highest BCUT2D eigenvalue weighted by atomic mass is 16.5. The van der Waals surface area contributed by atoms with E-state index in [4.69, 9.17) is 10.00 Å². The van der Waals surface area contributed by atoms with Crippen molar-refractivity contribution in [2.75, 3.05) is 0 Å². The highest BCUT2D eigenvalue weighted by Gasteiger charge is 2.03. The van der Waals surface area contributed by atoms with Crippen LogP contribution in [-0.2, 0) is 0 Å². The van der Waals surface area contributed by atoms with Gasteiger partial charge < -0.3 is 4.74 Å². The Balaban J connectivity index is 2.48. The molecule has 16 heavy (non-hydrogen) atoms. The molecule has 0 bridgehead atoms. The third-order valence-electron chi connectivity index (χ3n) is 2.46. The third kappa shape index (κ3) is 2.04. The summed E-state index contributed by atoms with van der Waals surface area (Å²) >= 11 is 0. The van der Waals surface area contributed by atoms with Crippen LogP contribution in [0.1, 0.15) is 5.56 Å². The number of benzene rings is 2. The van der Waals surface area contributed by atoms with Crippen LogP contribution in [0.2, 0.25) is 0 Å². The summed E-state index contributed by atoms with van der Waals surface area (Å²) in [5.41, 5.74) is 3.38. The van der Waals surface area contributed by atoms with E-state index in [1.54, 1.807) is 12.3 Å². The van der Waals surface area contributed by atoms with Crippen molar-refractivity contribution < 1.29 is 4.74 Å². The Bertz CT molecular complexity index is 526. The lowest BCUT2D eigenvalue weighted by Crippen LogP contribution is -1.86. The normalized spacial score (nSPS) is 9.50. The molecule has 0 aliphatic rings. The molecule has 0 unspecified atom stereocenters. The van der Waals surface area contributed by atoms with Gasteiger partial charge in [0.15, 0.2) is 0 Å². The summed E-state index contributed by atoms with van der Waals surface area (Å²) in [7, 11) is 0. The minimum atomic E-state index is 0.576. The van der Waals surface area contributed by atoms with Gasteiger partial charge in [0.1, 0.15) is 5.75 Å². The third-order valence-corrected chi connectivity index (χ3v) is 2.46. The fourth-order valence-corrected chi connectivity index (χ4v) is 1.65. The van der Waals surface area contributed by atoms with E-state index in [-0.39, 0.29) is 0 Å². The van der Waals surface area contributed by atoms with Crippen LogP contribution < -0.4 is 4.74 Å². The molecule has 2 nitrogen and oxygen atoms in total. The molecule has 2 rings (SSSR count). The van der Waals surface area contributed by atoms with Gasteiger partial charge in [-0.1, -0.05) is 36.4 Å². The molecule has 0 amide bonds. The molecule has 2 aromatic rings. The lowest BCUT2D eigenvalue weighted by molar-refractivity contribution is 0.507. The van der Waals surface area contributed by atoms with Crippen molar-refractivity contribution >= 4 is 0 Å². The molecule has 78 valence electrons. The van der Waals surface area contributed by atoms with Gasteiger partial charge in [0, 0.05) is 0 Å². The largest absolute Gasteiger partial charge is 0.388 e. The minimum Gasteiger partial charge on any atom is -0.388 e. The molecule has 2 aromatic carbocycles. The van der Waals surface area contributed by atoms with E-state index >= 15 is 0 Å². The first-order valence-corrected chi connectivity index (χ1v) is 5.03. The Morgan fingerprint density at radius 3 is 2.50 bits per heavy atom. The SMILES string of the molecule is Cc1ccc(OC#N)cc1-c1ccccc1. The summed E-state index contributed by atoms with van der Waals surface area (Å²) in [6.45, 7) is 2.04. The zero-order chi connectivity index (χ0) is 11.4. The summed E-state index contributed by atoms with van der Waals surface area (Å²) in [6, 6.07) is 15.7. The maximum Gasteiger partial charge on any atom is 0.292 e. The summed E-state index contributed by atoms with van der Waals surface area (Å²) in [6.07, 6.45) is 1.68. The molecule has 0 radical (unpaired) electrons. The molecule has 0 aliphatic carbocycles. The second-order valence-corrected chi connectivity index (χ2v) is 3.54. The zero-order valence-corrected chi connectivity index (χ0v) is 8.97. The monoisotopic (exact) mass is 209 g/mol. The smallest absolute Gasteiger partial charge is 0.292 e. The van der Waals surface area contributed by atoms with Crippen molar-refractivity contribution in [3.8, 4) is 23.1 Å². The second-order valence-electron chi connectivity index (χ2n) is 3.54. The Kier molecular flexibility index (Phi) is 2.88. The van der Waals surface area contributed by atoms with Gasteiger partial charge in [0.2, 0.25) is 0 Å². The number of hydrogen-bond acceptors (Lipinski definition) is 2. The molecule has 0 aromatic heterocycles. The van der Waals surface area contributed by atoms with Crippen LogP contribution in [0, 0.1) is 18.4 Å². The predicted molar refractivity (Wildman–Crippen MR) is 62.9 cm³/mol. The van der Waals surface area contributed by atoms with Gasteiger partial charge in [-0.15, -0.1) is 5.26 Å². The standard InChI is InChI=1S/C14H11NO/c1-11-7-8-13(16-10-15)9-14(11)12-5-3-2-4-6-12/h2-9H,1H3. The maximum absolute atomic E-state index is 8.48.